The van der Waals surface area contributed by atoms with Gasteiger partial charge in [-0.15, -0.1) is 0 Å². The quantitative estimate of drug-likeness (QED) is 0.794. The molecule has 0 saturated heterocycles. The molecule has 7 heteroatoms. The van der Waals surface area contributed by atoms with E-state index in [0.717, 1.165) is 28.0 Å². The Hall–Kier alpha value is -3.09. The van der Waals surface area contributed by atoms with Crippen LogP contribution in [0.5, 0.6) is 11.5 Å². The highest BCUT2D eigenvalue weighted by Crippen LogP contribution is 2.34. The van der Waals surface area contributed by atoms with Gasteiger partial charge in [0.25, 0.3) is 5.91 Å². The number of benzene rings is 1. The molecule has 0 saturated carbocycles. The molecule has 1 aliphatic heterocycles. The van der Waals surface area contributed by atoms with Crippen molar-refractivity contribution in [1.29, 1.82) is 0 Å². The van der Waals surface area contributed by atoms with Gasteiger partial charge in [0.05, 0.1) is 17.3 Å². The SMILES string of the molecule is Cc1nn(C)c2ncc(C(=O)N[C@H](C)c3ccc4c(c3)OCO4)cc12. The summed E-state index contributed by atoms with van der Waals surface area (Å²) in [5.41, 5.74) is 3.07. The second-order valence-electron chi connectivity index (χ2n) is 6.11. The molecule has 3 aromatic rings. The standard InChI is InChI=1S/C18H18N4O3/c1-10(12-4-5-15-16(7-12)25-9-24-15)20-18(23)13-6-14-11(2)21-22(3)17(14)19-8-13/h4-8,10H,9H2,1-3H3,(H,20,23)/t10-/m1/s1. The molecule has 7 nitrogen and oxygen atoms in total. The number of rotatable bonds is 3. The molecule has 25 heavy (non-hydrogen) atoms. The van der Waals surface area contributed by atoms with Crippen LogP contribution >= 0.6 is 0 Å². The van der Waals surface area contributed by atoms with Gasteiger partial charge in [-0.25, -0.2) is 4.98 Å². The first-order chi connectivity index (χ1) is 12.0. The number of amides is 1. The molecule has 0 fully saturated rings. The average molecular weight is 338 g/mol. The number of nitrogens with one attached hydrogen (secondary N) is 1. The van der Waals surface area contributed by atoms with Gasteiger partial charge in [-0.1, -0.05) is 6.07 Å². The Morgan fingerprint density at radius 2 is 2.08 bits per heavy atom. The summed E-state index contributed by atoms with van der Waals surface area (Å²) in [6, 6.07) is 7.32. The van der Waals surface area contributed by atoms with Gasteiger partial charge in [0.15, 0.2) is 17.1 Å². The van der Waals surface area contributed by atoms with Crippen molar-refractivity contribution in [3.63, 3.8) is 0 Å². The molecular formula is C18H18N4O3. The smallest absolute Gasteiger partial charge is 0.253 e. The molecule has 3 heterocycles. The molecule has 0 aliphatic carbocycles. The third-order valence-corrected chi connectivity index (χ3v) is 4.37. The van der Waals surface area contributed by atoms with Crippen LogP contribution in [0.15, 0.2) is 30.5 Å². The largest absolute Gasteiger partial charge is 0.454 e. The molecule has 0 unspecified atom stereocenters. The lowest BCUT2D eigenvalue weighted by Crippen LogP contribution is -2.26. The monoisotopic (exact) mass is 338 g/mol. The number of ether oxygens (including phenoxy) is 2. The van der Waals surface area contributed by atoms with Crippen molar-refractivity contribution in [2.75, 3.05) is 6.79 Å². The number of pyridine rings is 1. The van der Waals surface area contributed by atoms with E-state index in [4.69, 9.17) is 9.47 Å². The first-order valence-electron chi connectivity index (χ1n) is 8.02. The summed E-state index contributed by atoms with van der Waals surface area (Å²) >= 11 is 0. The van der Waals surface area contributed by atoms with Crippen molar-refractivity contribution < 1.29 is 14.3 Å². The Morgan fingerprint density at radius 3 is 2.92 bits per heavy atom. The van der Waals surface area contributed by atoms with Crippen LogP contribution in [-0.4, -0.2) is 27.5 Å². The number of aromatic nitrogens is 3. The van der Waals surface area contributed by atoms with Gasteiger partial charge in [0, 0.05) is 18.6 Å². The Bertz CT molecular complexity index is 980. The molecule has 2 aromatic heterocycles. The van der Waals surface area contributed by atoms with Gasteiger partial charge >= 0.3 is 0 Å². The van der Waals surface area contributed by atoms with Crippen LogP contribution in [0.2, 0.25) is 0 Å². The number of fused-ring (bicyclic) bond motifs is 2. The summed E-state index contributed by atoms with van der Waals surface area (Å²) in [5.74, 6) is 1.25. The first kappa shape index (κ1) is 15.4. The van der Waals surface area contributed by atoms with Crippen molar-refractivity contribution in [1.82, 2.24) is 20.1 Å². The number of carbonyl (C=O) groups excluding carboxylic acids is 1. The van der Waals surface area contributed by atoms with Crippen LogP contribution in [0, 0.1) is 6.92 Å². The summed E-state index contributed by atoms with van der Waals surface area (Å²) in [6.45, 7) is 4.06. The minimum absolute atomic E-state index is 0.173. The van der Waals surface area contributed by atoms with E-state index in [2.05, 4.69) is 15.4 Å². The molecule has 1 aromatic carbocycles. The van der Waals surface area contributed by atoms with Gasteiger partial charge in [0.1, 0.15) is 0 Å². The zero-order valence-electron chi connectivity index (χ0n) is 14.2. The Morgan fingerprint density at radius 1 is 1.28 bits per heavy atom. The molecule has 0 radical (unpaired) electrons. The molecule has 1 aliphatic rings. The van der Waals surface area contributed by atoms with Crippen molar-refractivity contribution in [2.24, 2.45) is 7.05 Å². The summed E-state index contributed by atoms with van der Waals surface area (Å²) < 4.78 is 12.4. The van der Waals surface area contributed by atoms with E-state index in [1.54, 1.807) is 10.9 Å². The van der Waals surface area contributed by atoms with Crippen LogP contribution in [0.25, 0.3) is 11.0 Å². The van der Waals surface area contributed by atoms with Gasteiger partial charge in [-0.2, -0.15) is 5.10 Å². The molecule has 0 bridgehead atoms. The lowest BCUT2D eigenvalue weighted by molar-refractivity contribution is 0.0939. The highest BCUT2D eigenvalue weighted by molar-refractivity contribution is 5.97. The van der Waals surface area contributed by atoms with Crippen molar-refractivity contribution in [3.8, 4) is 11.5 Å². The summed E-state index contributed by atoms with van der Waals surface area (Å²) in [5, 5.41) is 8.20. The number of nitrogens with zero attached hydrogens (tertiary/aromatic N) is 3. The summed E-state index contributed by atoms with van der Waals surface area (Å²) in [4.78, 5) is 16.9. The zero-order chi connectivity index (χ0) is 17.6. The van der Waals surface area contributed by atoms with E-state index in [1.165, 1.54) is 0 Å². The highest BCUT2D eigenvalue weighted by atomic mass is 16.7. The summed E-state index contributed by atoms with van der Waals surface area (Å²) in [6.07, 6.45) is 1.57. The topological polar surface area (TPSA) is 78.3 Å². The minimum atomic E-state index is -0.178. The van der Waals surface area contributed by atoms with Crippen molar-refractivity contribution in [3.05, 3.63) is 47.3 Å². The number of carbonyl (C=O) groups is 1. The number of hydrogen-bond donors (Lipinski definition) is 1. The van der Waals surface area contributed by atoms with Gasteiger partial charge in [0.2, 0.25) is 6.79 Å². The van der Waals surface area contributed by atoms with Gasteiger partial charge in [-0.05, 0) is 37.6 Å². The van der Waals surface area contributed by atoms with E-state index < -0.39 is 0 Å². The Kier molecular flexibility index (Phi) is 3.56. The highest BCUT2D eigenvalue weighted by Gasteiger charge is 2.18. The third kappa shape index (κ3) is 2.67. The molecule has 1 atom stereocenters. The van der Waals surface area contributed by atoms with E-state index >= 15 is 0 Å². The lowest BCUT2D eigenvalue weighted by Gasteiger charge is -2.15. The fourth-order valence-electron chi connectivity index (χ4n) is 2.98. The molecular weight excluding hydrogens is 320 g/mol. The molecule has 0 spiro atoms. The normalized spacial score (nSPS) is 13.9. The molecule has 1 amide bonds. The summed E-state index contributed by atoms with van der Waals surface area (Å²) in [7, 11) is 1.84. The lowest BCUT2D eigenvalue weighted by atomic mass is 10.1. The maximum Gasteiger partial charge on any atom is 0.253 e. The van der Waals surface area contributed by atoms with Crippen molar-refractivity contribution >= 4 is 16.9 Å². The van der Waals surface area contributed by atoms with Crippen molar-refractivity contribution in [2.45, 2.75) is 19.9 Å². The minimum Gasteiger partial charge on any atom is -0.454 e. The van der Waals surface area contributed by atoms with Crippen LogP contribution < -0.4 is 14.8 Å². The predicted octanol–water partition coefficient (Wildman–Crippen LogP) is 2.50. The second-order valence-corrected chi connectivity index (χ2v) is 6.11. The second kappa shape index (κ2) is 5.77. The Balaban J connectivity index is 1.56. The van der Waals surface area contributed by atoms with E-state index in [1.807, 2.05) is 45.2 Å². The maximum absolute atomic E-state index is 12.6. The van der Waals surface area contributed by atoms with Crippen LogP contribution in [0.3, 0.4) is 0 Å². The number of aryl methyl sites for hydroxylation is 2. The van der Waals surface area contributed by atoms with Gasteiger partial charge in [-0.3, -0.25) is 9.48 Å². The van der Waals surface area contributed by atoms with E-state index in [-0.39, 0.29) is 18.7 Å². The maximum atomic E-state index is 12.6. The molecule has 4 rings (SSSR count). The number of hydrogen-bond acceptors (Lipinski definition) is 5. The zero-order valence-corrected chi connectivity index (χ0v) is 14.2. The van der Waals surface area contributed by atoms with E-state index in [9.17, 15) is 4.79 Å². The molecule has 1 N–H and O–H groups in total. The first-order valence-corrected chi connectivity index (χ1v) is 8.02. The third-order valence-electron chi connectivity index (χ3n) is 4.37. The van der Waals surface area contributed by atoms with Gasteiger partial charge < -0.3 is 14.8 Å². The fourth-order valence-corrected chi connectivity index (χ4v) is 2.98. The fraction of sp³-hybridized carbons (Fsp3) is 0.278. The van der Waals surface area contributed by atoms with Crippen LogP contribution in [-0.2, 0) is 7.05 Å². The van der Waals surface area contributed by atoms with Crippen LogP contribution in [0.1, 0.15) is 34.6 Å². The predicted molar refractivity (Wildman–Crippen MR) is 91.7 cm³/mol. The average Bonchev–Trinajstić information content (AvgIpc) is 3.18. The van der Waals surface area contributed by atoms with Crippen LogP contribution in [0.4, 0.5) is 0 Å². The van der Waals surface area contributed by atoms with E-state index in [0.29, 0.717) is 11.3 Å². The molecule has 128 valence electrons. The Labute approximate surface area is 144 Å².